The average Bonchev–Trinajstić information content (AvgIpc) is 3.23. The Kier molecular flexibility index (Phi) is 10.2. The molecule has 9 nitrogen and oxygen atoms in total. The predicted molar refractivity (Wildman–Crippen MR) is 122 cm³/mol. The van der Waals surface area contributed by atoms with E-state index in [4.69, 9.17) is 15.2 Å². The summed E-state index contributed by atoms with van der Waals surface area (Å²) >= 11 is 0. The molecule has 0 spiro atoms. The Balaban J connectivity index is 1.97. The van der Waals surface area contributed by atoms with Crippen molar-refractivity contribution in [3.8, 4) is 0 Å². The van der Waals surface area contributed by atoms with Crippen LogP contribution in [0, 0.1) is 5.92 Å². The van der Waals surface area contributed by atoms with E-state index in [1.165, 1.54) is 0 Å². The molecular weight excluding hydrogens is 412 g/mol. The molecule has 0 aromatic heterocycles. The Bertz CT molecular complexity index is 628. The third-order valence-electron chi connectivity index (χ3n) is 6.01. The van der Waals surface area contributed by atoms with Crippen LogP contribution in [0.4, 0.5) is 4.79 Å². The minimum atomic E-state index is -0.910. The highest BCUT2D eigenvalue weighted by Gasteiger charge is 2.38. The van der Waals surface area contributed by atoms with Crippen molar-refractivity contribution in [2.24, 2.45) is 11.7 Å². The fourth-order valence-corrected chi connectivity index (χ4v) is 4.15. The lowest BCUT2D eigenvalue weighted by atomic mass is 9.86. The molecule has 1 aliphatic heterocycles. The molecule has 1 saturated carbocycles. The molecule has 2 fully saturated rings. The molecule has 0 aromatic rings. The topological polar surface area (TPSA) is 123 Å². The number of rotatable bonds is 9. The van der Waals surface area contributed by atoms with Gasteiger partial charge in [0.05, 0.1) is 18.8 Å². The van der Waals surface area contributed by atoms with Crippen molar-refractivity contribution >= 4 is 17.9 Å². The maximum atomic E-state index is 13.3. The Morgan fingerprint density at radius 1 is 1.12 bits per heavy atom. The number of hydrogen-bond donors (Lipinski definition) is 3. The van der Waals surface area contributed by atoms with Crippen LogP contribution >= 0.6 is 0 Å². The summed E-state index contributed by atoms with van der Waals surface area (Å²) in [6.45, 7) is 8.92. The first kappa shape index (κ1) is 26.4. The van der Waals surface area contributed by atoms with E-state index in [0.29, 0.717) is 31.8 Å². The van der Waals surface area contributed by atoms with Gasteiger partial charge in [0.1, 0.15) is 12.1 Å². The zero-order valence-electron chi connectivity index (χ0n) is 20.2. The summed E-state index contributed by atoms with van der Waals surface area (Å²) < 4.78 is 10.9. The van der Waals surface area contributed by atoms with Crippen LogP contribution in [0.1, 0.15) is 72.6 Å². The van der Waals surface area contributed by atoms with E-state index in [2.05, 4.69) is 10.6 Å². The summed E-state index contributed by atoms with van der Waals surface area (Å²) in [4.78, 5) is 39.9. The predicted octanol–water partition coefficient (Wildman–Crippen LogP) is 1.93. The summed E-state index contributed by atoms with van der Waals surface area (Å²) in [5.74, 6) is -0.00833. The van der Waals surface area contributed by atoms with E-state index >= 15 is 0 Å². The Hall–Kier alpha value is -1.87. The van der Waals surface area contributed by atoms with Crippen LogP contribution in [-0.4, -0.2) is 72.8 Å². The second-order valence-corrected chi connectivity index (χ2v) is 9.97. The Morgan fingerprint density at radius 2 is 1.81 bits per heavy atom. The van der Waals surface area contributed by atoms with Crippen molar-refractivity contribution in [1.82, 2.24) is 15.5 Å². The van der Waals surface area contributed by atoms with Crippen LogP contribution in [0.25, 0.3) is 0 Å². The highest BCUT2D eigenvalue weighted by atomic mass is 16.5. The second kappa shape index (κ2) is 12.4. The second-order valence-electron chi connectivity index (χ2n) is 9.97. The van der Waals surface area contributed by atoms with Crippen molar-refractivity contribution in [1.29, 1.82) is 0 Å². The number of nitrogens with two attached hydrogens (primary N) is 1. The molecule has 1 aliphatic carbocycles. The number of hydrogen-bond acceptors (Lipinski definition) is 6. The number of alkyl carbamates (subject to hydrolysis) is 1. The van der Waals surface area contributed by atoms with Crippen molar-refractivity contribution in [3.63, 3.8) is 0 Å². The number of amides is 3. The SMILES string of the molecule is CCCOC(=O)N[C@H](COC(C)(C)C)C(=O)N1CCC[C@H]1C(=O)NCC1CCC(N)CC1. The van der Waals surface area contributed by atoms with Gasteiger partial charge in [-0.15, -0.1) is 0 Å². The minimum Gasteiger partial charge on any atom is -0.450 e. The van der Waals surface area contributed by atoms with Crippen molar-refractivity contribution in [2.75, 3.05) is 26.3 Å². The van der Waals surface area contributed by atoms with Gasteiger partial charge in [0.15, 0.2) is 0 Å². The molecule has 0 bridgehead atoms. The van der Waals surface area contributed by atoms with Gasteiger partial charge in [0, 0.05) is 19.1 Å². The van der Waals surface area contributed by atoms with E-state index in [-0.39, 0.29) is 31.1 Å². The minimum absolute atomic E-state index is 0.0106. The number of likely N-dealkylation sites (tertiary alicyclic amines) is 1. The summed E-state index contributed by atoms with van der Waals surface area (Å²) in [6, 6.07) is -1.17. The highest BCUT2D eigenvalue weighted by molar-refractivity contribution is 5.92. The number of ether oxygens (including phenoxy) is 2. The molecular formula is C23H42N4O5. The largest absolute Gasteiger partial charge is 0.450 e. The van der Waals surface area contributed by atoms with Gasteiger partial charge in [0.2, 0.25) is 11.8 Å². The molecule has 184 valence electrons. The van der Waals surface area contributed by atoms with E-state index < -0.39 is 23.8 Å². The number of nitrogens with zero attached hydrogens (tertiary/aromatic N) is 1. The lowest BCUT2D eigenvalue weighted by molar-refractivity contribution is -0.142. The molecule has 1 heterocycles. The van der Waals surface area contributed by atoms with Gasteiger partial charge < -0.3 is 30.7 Å². The number of carbonyl (C=O) groups excluding carboxylic acids is 3. The normalized spacial score (nSPS) is 24.7. The molecule has 9 heteroatoms. The third-order valence-corrected chi connectivity index (χ3v) is 6.01. The van der Waals surface area contributed by atoms with Crippen molar-refractivity contribution in [2.45, 2.75) is 96.4 Å². The van der Waals surface area contributed by atoms with Gasteiger partial charge in [0.25, 0.3) is 0 Å². The standard InChI is InChI=1S/C23H42N4O5/c1-5-13-31-22(30)26-18(15-32-23(2,3)4)21(29)27-12-6-7-19(27)20(28)25-14-16-8-10-17(24)11-9-16/h16-19H,5-15,24H2,1-4H3,(H,25,28)(H,26,30)/t16?,17?,18-,19+/m1/s1. The molecule has 0 aromatic carbocycles. The van der Waals surface area contributed by atoms with Gasteiger partial charge in [-0.1, -0.05) is 6.92 Å². The maximum Gasteiger partial charge on any atom is 0.407 e. The van der Waals surface area contributed by atoms with E-state index in [0.717, 1.165) is 32.1 Å². The first-order chi connectivity index (χ1) is 15.1. The number of nitrogens with one attached hydrogen (secondary N) is 2. The van der Waals surface area contributed by atoms with Crippen LogP contribution in [-0.2, 0) is 19.1 Å². The van der Waals surface area contributed by atoms with Crippen LogP contribution < -0.4 is 16.4 Å². The van der Waals surface area contributed by atoms with E-state index in [9.17, 15) is 14.4 Å². The number of carbonyl (C=O) groups is 3. The molecule has 0 radical (unpaired) electrons. The van der Waals surface area contributed by atoms with E-state index in [1.807, 2.05) is 27.7 Å². The van der Waals surface area contributed by atoms with Crippen LogP contribution in [0.3, 0.4) is 0 Å². The smallest absolute Gasteiger partial charge is 0.407 e. The Labute approximate surface area is 192 Å². The lowest BCUT2D eigenvalue weighted by Gasteiger charge is -2.31. The molecule has 2 rings (SSSR count). The molecule has 0 unspecified atom stereocenters. The van der Waals surface area contributed by atoms with E-state index in [1.54, 1.807) is 4.90 Å². The summed E-state index contributed by atoms with van der Waals surface area (Å²) in [5, 5.41) is 5.67. The van der Waals surface area contributed by atoms with Gasteiger partial charge in [-0.3, -0.25) is 9.59 Å². The molecule has 2 aliphatic rings. The first-order valence-corrected chi connectivity index (χ1v) is 12.0. The monoisotopic (exact) mass is 454 g/mol. The van der Waals surface area contributed by atoms with Crippen LogP contribution in [0.5, 0.6) is 0 Å². The summed E-state index contributed by atoms with van der Waals surface area (Å²) in [7, 11) is 0. The Morgan fingerprint density at radius 3 is 2.44 bits per heavy atom. The average molecular weight is 455 g/mol. The van der Waals surface area contributed by atoms with Gasteiger partial charge in [-0.25, -0.2) is 4.79 Å². The third kappa shape index (κ3) is 8.58. The molecule has 1 saturated heterocycles. The molecule has 3 amide bonds. The maximum absolute atomic E-state index is 13.3. The lowest BCUT2D eigenvalue weighted by Crippen LogP contribution is -2.55. The van der Waals surface area contributed by atoms with Crippen LogP contribution in [0.2, 0.25) is 0 Å². The van der Waals surface area contributed by atoms with Gasteiger partial charge in [-0.2, -0.15) is 0 Å². The highest BCUT2D eigenvalue weighted by Crippen LogP contribution is 2.23. The fraction of sp³-hybridized carbons (Fsp3) is 0.870. The van der Waals surface area contributed by atoms with Gasteiger partial charge in [-0.05, 0) is 71.6 Å². The van der Waals surface area contributed by atoms with Crippen LogP contribution in [0.15, 0.2) is 0 Å². The summed E-state index contributed by atoms with van der Waals surface area (Å²) in [6.07, 6.45) is 5.41. The quantitative estimate of drug-likeness (QED) is 0.489. The van der Waals surface area contributed by atoms with Crippen molar-refractivity contribution in [3.05, 3.63) is 0 Å². The van der Waals surface area contributed by atoms with Crippen molar-refractivity contribution < 1.29 is 23.9 Å². The zero-order chi connectivity index (χ0) is 23.7. The summed E-state index contributed by atoms with van der Waals surface area (Å²) in [5.41, 5.74) is 5.49. The first-order valence-electron chi connectivity index (χ1n) is 12.0. The fourth-order valence-electron chi connectivity index (χ4n) is 4.15. The zero-order valence-corrected chi connectivity index (χ0v) is 20.2. The van der Waals surface area contributed by atoms with Gasteiger partial charge >= 0.3 is 6.09 Å². The molecule has 32 heavy (non-hydrogen) atoms. The molecule has 2 atom stereocenters. The molecule has 4 N–H and O–H groups in total.